The van der Waals surface area contributed by atoms with Crippen molar-refractivity contribution in [3.05, 3.63) is 41.9 Å². The highest BCUT2D eigenvalue weighted by molar-refractivity contribution is 7.57. The molecule has 2 aromatic heterocycles. The topological polar surface area (TPSA) is 143 Å². The van der Waals surface area contributed by atoms with Gasteiger partial charge in [-0.25, -0.2) is 20.0 Å². The molecule has 3 N–H and O–H groups in total. The van der Waals surface area contributed by atoms with Crippen molar-refractivity contribution in [2.24, 2.45) is 0 Å². The maximum Gasteiger partial charge on any atom is 0.342 e. The van der Waals surface area contributed by atoms with Gasteiger partial charge in [0.1, 0.15) is 30.0 Å². The van der Waals surface area contributed by atoms with Crippen LogP contribution in [0.1, 0.15) is 13.8 Å². The number of anilines is 1. The summed E-state index contributed by atoms with van der Waals surface area (Å²) < 4.78 is 31.5. The van der Waals surface area contributed by atoms with Crippen molar-refractivity contribution in [2.75, 3.05) is 19.2 Å². The number of esters is 1. The molecule has 0 aliphatic heterocycles. The van der Waals surface area contributed by atoms with E-state index in [2.05, 4.69) is 20.0 Å². The lowest BCUT2D eigenvalue weighted by molar-refractivity contribution is -0.142. The maximum absolute atomic E-state index is 13.5. The van der Waals surface area contributed by atoms with Crippen LogP contribution in [0.25, 0.3) is 11.2 Å². The predicted octanol–water partition coefficient (Wildman–Crippen LogP) is 2.85. The third-order valence-corrected chi connectivity index (χ3v) is 6.45. The number of carbonyl (C=O) groups is 1. The van der Waals surface area contributed by atoms with E-state index in [9.17, 15) is 9.36 Å². The quantitative estimate of drug-likeness (QED) is 0.327. The fourth-order valence-electron chi connectivity index (χ4n) is 2.87. The van der Waals surface area contributed by atoms with Gasteiger partial charge in [0.05, 0.1) is 26.1 Å². The highest BCUT2D eigenvalue weighted by Crippen LogP contribution is 2.44. The smallest absolute Gasteiger partial charge is 0.342 e. The van der Waals surface area contributed by atoms with Gasteiger partial charge in [-0.05, 0) is 38.1 Å². The molecule has 3 aromatic rings. The monoisotopic (exact) mass is 482 g/mol. The van der Waals surface area contributed by atoms with Gasteiger partial charge < -0.3 is 24.3 Å². The highest BCUT2D eigenvalue weighted by Gasteiger charge is 2.31. The third-order valence-electron chi connectivity index (χ3n) is 4.42. The number of hydrogen-bond acceptors (Lipinski definition) is 9. The molecule has 1 unspecified atom stereocenters. The SMILES string of the molecule is COC(=O)[C@@H](C)NP(=O)(CO[C@H](C)Cn1cnc2c(N)ncnc21)Oc1ccc(Cl)cc1. The predicted molar refractivity (Wildman–Crippen MR) is 119 cm³/mol. The van der Waals surface area contributed by atoms with Gasteiger partial charge >= 0.3 is 13.5 Å². The maximum atomic E-state index is 13.5. The lowest BCUT2D eigenvalue weighted by Gasteiger charge is -2.24. The number of nitrogens with one attached hydrogen (secondary N) is 1. The standard InChI is InChI=1S/C19H24ClN6O5P/c1-12(8-26-10-24-16-17(21)22-9-23-18(16)26)30-11-32(28,25-13(2)19(27)29-3)31-15-6-4-14(20)5-7-15/h4-7,9-10,12-13H,8,11H2,1-3H3,(H,25,28)(H2,21,22,23)/t12-,13-,32?/m1/s1. The van der Waals surface area contributed by atoms with Crippen LogP contribution in [-0.2, 0) is 25.4 Å². The van der Waals surface area contributed by atoms with E-state index >= 15 is 0 Å². The number of nitrogens with zero attached hydrogens (tertiary/aromatic N) is 4. The van der Waals surface area contributed by atoms with Crippen molar-refractivity contribution in [2.45, 2.75) is 32.5 Å². The van der Waals surface area contributed by atoms with E-state index in [0.717, 1.165) is 0 Å². The summed E-state index contributed by atoms with van der Waals surface area (Å²) in [5.41, 5.74) is 6.87. The van der Waals surface area contributed by atoms with Crippen LogP contribution in [0.3, 0.4) is 0 Å². The average Bonchev–Trinajstić information content (AvgIpc) is 3.17. The first kappa shape index (κ1) is 23.9. The van der Waals surface area contributed by atoms with E-state index < -0.39 is 25.6 Å². The Balaban J connectivity index is 1.71. The van der Waals surface area contributed by atoms with E-state index in [0.29, 0.717) is 28.5 Å². The van der Waals surface area contributed by atoms with Crippen LogP contribution in [0.2, 0.25) is 5.02 Å². The molecule has 2 heterocycles. The fraction of sp³-hybridized carbons (Fsp3) is 0.368. The summed E-state index contributed by atoms with van der Waals surface area (Å²) in [5, 5.41) is 3.21. The van der Waals surface area contributed by atoms with Crippen LogP contribution in [0.4, 0.5) is 5.82 Å². The largest absolute Gasteiger partial charge is 0.468 e. The summed E-state index contributed by atoms with van der Waals surface area (Å²) in [4.78, 5) is 24.2. The first-order valence-corrected chi connectivity index (χ1v) is 11.8. The number of halogens is 1. The van der Waals surface area contributed by atoms with Gasteiger partial charge in [0, 0.05) is 5.02 Å². The summed E-state index contributed by atoms with van der Waals surface area (Å²) in [6, 6.07) is 5.47. The number of carbonyl (C=O) groups excluding carboxylic acids is 1. The molecule has 3 rings (SSSR count). The zero-order chi connectivity index (χ0) is 23.3. The molecule has 0 saturated carbocycles. The zero-order valence-corrected chi connectivity index (χ0v) is 19.4. The number of imidazole rings is 1. The summed E-state index contributed by atoms with van der Waals surface area (Å²) >= 11 is 5.90. The number of fused-ring (bicyclic) bond motifs is 1. The summed E-state index contributed by atoms with van der Waals surface area (Å²) in [6.07, 6.45) is 2.23. The number of ether oxygens (including phenoxy) is 2. The van der Waals surface area contributed by atoms with Crippen molar-refractivity contribution in [3.63, 3.8) is 0 Å². The van der Waals surface area contributed by atoms with Gasteiger partial charge in [-0.2, -0.15) is 0 Å². The van der Waals surface area contributed by atoms with Crippen LogP contribution in [0.5, 0.6) is 5.75 Å². The number of methoxy groups -OCH3 is 1. The minimum Gasteiger partial charge on any atom is -0.468 e. The van der Waals surface area contributed by atoms with Crippen molar-refractivity contribution >= 4 is 42.1 Å². The van der Waals surface area contributed by atoms with E-state index in [1.807, 2.05) is 0 Å². The molecule has 0 saturated heterocycles. The van der Waals surface area contributed by atoms with Gasteiger partial charge in [0.25, 0.3) is 0 Å². The Morgan fingerprint density at radius 1 is 1.25 bits per heavy atom. The molecular formula is C19H24ClN6O5P. The van der Waals surface area contributed by atoms with Crippen molar-refractivity contribution in [3.8, 4) is 5.75 Å². The Morgan fingerprint density at radius 2 is 1.97 bits per heavy atom. The molecule has 0 aliphatic rings. The molecule has 11 nitrogen and oxygen atoms in total. The van der Waals surface area contributed by atoms with E-state index in [1.54, 1.807) is 42.1 Å². The van der Waals surface area contributed by atoms with Gasteiger partial charge in [0.15, 0.2) is 11.5 Å². The summed E-state index contributed by atoms with van der Waals surface area (Å²) in [7, 11) is -2.42. The average molecular weight is 483 g/mol. The van der Waals surface area contributed by atoms with Crippen LogP contribution >= 0.6 is 19.1 Å². The van der Waals surface area contributed by atoms with Crippen molar-refractivity contribution in [1.29, 1.82) is 0 Å². The van der Waals surface area contributed by atoms with E-state index in [4.69, 9.17) is 31.3 Å². The minimum absolute atomic E-state index is 0.282. The number of nitrogen functional groups attached to an aromatic ring is 1. The third kappa shape index (κ3) is 5.95. The molecule has 13 heteroatoms. The first-order valence-electron chi connectivity index (χ1n) is 9.63. The Bertz CT molecular complexity index is 1130. The summed E-state index contributed by atoms with van der Waals surface area (Å²) in [5.74, 6) is 0.00986. The molecule has 0 spiro atoms. The molecule has 1 aromatic carbocycles. The molecule has 0 radical (unpaired) electrons. The van der Waals surface area contributed by atoms with Crippen LogP contribution in [0.15, 0.2) is 36.9 Å². The molecule has 172 valence electrons. The highest BCUT2D eigenvalue weighted by atomic mass is 35.5. The summed E-state index contributed by atoms with van der Waals surface area (Å²) in [6.45, 7) is 3.68. The Labute approximate surface area is 189 Å². The van der Waals surface area contributed by atoms with Gasteiger partial charge in [0.2, 0.25) is 0 Å². The Morgan fingerprint density at radius 3 is 2.66 bits per heavy atom. The van der Waals surface area contributed by atoms with E-state index in [1.165, 1.54) is 20.4 Å². The van der Waals surface area contributed by atoms with Crippen molar-refractivity contribution < 1.29 is 23.4 Å². The second-order valence-electron chi connectivity index (χ2n) is 7.03. The van der Waals surface area contributed by atoms with Gasteiger partial charge in [-0.15, -0.1) is 0 Å². The molecular weight excluding hydrogens is 459 g/mol. The molecule has 0 bridgehead atoms. The lowest BCUT2D eigenvalue weighted by atomic mass is 10.3. The number of rotatable bonds is 10. The second-order valence-corrected chi connectivity index (χ2v) is 9.51. The molecule has 0 aliphatic carbocycles. The van der Waals surface area contributed by atoms with Crippen LogP contribution in [0, 0.1) is 0 Å². The van der Waals surface area contributed by atoms with Gasteiger partial charge in [-0.3, -0.25) is 9.36 Å². The fourth-order valence-corrected chi connectivity index (χ4v) is 4.78. The number of aromatic nitrogens is 4. The Hall–Kier alpha value is -2.72. The second kappa shape index (κ2) is 10.3. The molecule has 0 amide bonds. The van der Waals surface area contributed by atoms with E-state index in [-0.39, 0.29) is 12.2 Å². The minimum atomic E-state index is -3.67. The first-order chi connectivity index (χ1) is 15.2. The zero-order valence-electron chi connectivity index (χ0n) is 17.8. The van der Waals surface area contributed by atoms with Crippen LogP contribution in [-0.4, -0.2) is 51.1 Å². The number of nitrogens with two attached hydrogens (primary N) is 1. The van der Waals surface area contributed by atoms with Gasteiger partial charge in [-0.1, -0.05) is 11.6 Å². The Kier molecular flexibility index (Phi) is 7.68. The van der Waals surface area contributed by atoms with Crippen molar-refractivity contribution in [1.82, 2.24) is 24.6 Å². The van der Waals surface area contributed by atoms with Crippen LogP contribution < -0.4 is 15.3 Å². The number of benzene rings is 1. The molecule has 32 heavy (non-hydrogen) atoms. The molecule has 3 atom stereocenters. The number of hydrogen-bond donors (Lipinski definition) is 2. The lowest BCUT2D eigenvalue weighted by Crippen LogP contribution is -2.35. The normalized spacial score (nSPS) is 15.1. The molecule has 0 fully saturated rings.